The Bertz CT molecular complexity index is 384. The highest BCUT2D eigenvalue weighted by atomic mass is 79.9. The van der Waals surface area contributed by atoms with Gasteiger partial charge in [0.15, 0.2) is 0 Å². The van der Waals surface area contributed by atoms with Gasteiger partial charge in [-0.25, -0.2) is 0 Å². The molecule has 0 saturated carbocycles. The van der Waals surface area contributed by atoms with Crippen molar-refractivity contribution in [2.24, 2.45) is 5.92 Å². The van der Waals surface area contributed by atoms with Crippen molar-refractivity contribution < 1.29 is 0 Å². The van der Waals surface area contributed by atoms with Crippen LogP contribution in [0, 0.1) is 5.92 Å². The van der Waals surface area contributed by atoms with Crippen LogP contribution in [-0.2, 0) is 6.54 Å². The highest BCUT2D eigenvalue weighted by molar-refractivity contribution is 9.10. The smallest absolute Gasteiger partial charge is 0.0410 e. The number of likely N-dealkylation sites (N-methyl/N-ethyl adjacent to an activating group) is 1. The van der Waals surface area contributed by atoms with E-state index in [9.17, 15) is 0 Å². The van der Waals surface area contributed by atoms with Crippen molar-refractivity contribution >= 4 is 27.5 Å². The molecule has 0 aliphatic rings. The average Bonchev–Trinajstić information content (AvgIpc) is 2.28. The van der Waals surface area contributed by atoms with Gasteiger partial charge in [0.2, 0.25) is 0 Å². The molecule has 0 amide bonds. The maximum Gasteiger partial charge on any atom is 0.0410 e. The standard InChI is InChI=1S/C15H24BrClN2/c1-11(2)7-14(10-19(3)4)18-9-12-8-13(17)5-6-15(12)16/h5-6,8,11,14,18H,7,9-10H2,1-4H3. The minimum absolute atomic E-state index is 0.501. The summed E-state index contributed by atoms with van der Waals surface area (Å²) in [7, 11) is 4.23. The van der Waals surface area contributed by atoms with Crippen molar-refractivity contribution in [3.63, 3.8) is 0 Å². The summed E-state index contributed by atoms with van der Waals surface area (Å²) in [5, 5.41) is 4.42. The van der Waals surface area contributed by atoms with E-state index >= 15 is 0 Å². The molecule has 0 fully saturated rings. The van der Waals surface area contributed by atoms with E-state index in [0.29, 0.717) is 12.0 Å². The Balaban J connectivity index is 2.61. The second kappa shape index (κ2) is 8.25. The number of benzene rings is 1. The molecule has 1 atom stereocenters. The molecule has 1 aromatic carbocycles. The molecule has 0 heterocycles. The summed E-state index contributed by atoms with van der Waals surface area (Å²) in [5.74, 6) is 0.695. The van der Waals surface area contributed by atoms with Gasteiger partial charge in [-0.3, -0.25) is 0 Å². The van der Waals surface area contributed by atoms with Gasteiger partial charge in [-0.05, 0) is 50.2 Å². The highest BCUT2D eigenvalue weighted by Gasteiger charge is 2.12. The molecule has 1 aromatic rings. The van der Waals surface area contributed by atoms with Crippen LogP contribution in [-0.4, -0.2) is 31.6 Å². The Hall–Kier alpha value is -0.0900. The van der Waals surface area contributed by atoms with Gasteiger partial charge in [0.1, 0.15) is 0 Å². The first-order chi connectivity index (χ1) is 8.88. The number of hydrogen-bond acceptors (Lipinski definition) is 2. The van der Waals surface area contributed by atoms with Gasteiger partial charge in [0.25, 0.3) is 0 Å². The SMILES string of the molecule is CC(C)CC(CN(C)C)NCc1cc(Cl)ccc1Br. The second-order valence-corrected chi connectivity index (χ2v) is 7.00. The molecule has 1 N–H and O–H groups in total. The summed E-state index contributed by atoms with van der Waals surface area (Å²) in [4.78, 5) is 2.23. The normalized spacial score (nSPS) is 13.3. The Morgan fingerprint density at radius 1 is 1.32 bits per heavy atom. The highest BCUT2D eigenvalue weighted by Crippen LogP contribution is 2.21. The molecule has 0 aliphatic heterocycles. The lowest BCUT2D eigenvalue weighted by Gasteiger charge is -2.24. The Morgan fingerprint density at radius 2 is 2.00 bits per heavy atom. The van der Waals surface area contributed by atoms with Crippen LogP contribution in [0.2, 0.25) is 5.02 Å². The summed E-state index contributed by atoms with van der Waals surface area (Å²) in [6.45, 7) is 6.42. The third-order valence-electron chi connectivity index (χ3n) is 2.93. The Morgan fingerprint density at radius 3 is 2.58 bits per heavy atom. The molecule has 1 rings (SSSR count). The summed E-state index contributed by atoms with van der Waals surface area (Å²) in [5.41, 5.74) is 1.21. The van der Waals surface area contributed by atoms with Crippen molar-refractivity contribution in [3.05, 3.63) is 33.3 Å². The van der Waals surface area contributed by atoms with Crippen LogP contribution in [0.3, 0.4) is 0 Å². The van der Waals surface area contributed by atoms with E-state index < -0.39 is 0 Å². The molecule has 4 heteroatoms. The maximum atomic E-state index is 6.04. The topological polar surface area (TPSA) is 15.3 Å². The van der Waals surface area contributed by atoms with Gasteiger partial charge in [0, 0.05) is 28.6 Å². The van der Waals surface area contributed by atoms with Gasteiger partial charge >= 0.3 is 0 Å². The van der Waals surface area contributed by atoms with Crippen LogP contribution in [0.15, 0.2) is 22.7 Å². The van der Waals surface area contributed by atoms with Crippen molar-refractivity contribution in [1.29, 1.82) is 0 Å². The Kier molecular flexibility index (Phi) is 7.37. The fourth-order valence-corrected chi connectivity index (χ4v) is 2.75. The number of halogens is 2. The van der Waals surface area contributed by atoms with Crippen molar-refractivity contribution in [2.45, 2.75) is 32.9 Å². The third kappa shape index (κ3) is 6.75. The number of nitrogens with one attached hydrogen (secondary N) is 1. The van der Waals surface area contributed by atoms with E-state index in [0.717, 1.165) is 22.6 Å². The van der Waals surface area contributed by atoms with E-state index in [2.05, 4.69) is 54.1 Å². The first-order valence-electron chi connectivity index (χ1n) is 6.70. The van der Waals surface area contributed by atoms with Crippen LogP contribution in [0.4, 0.5) is 0 Å². The van der Waals surface area contributed by atoms with E-state index in [1.807, 2.05) is 18.2 Å². The van der Waals surface area contributed by atoms with Crippen molar-refractivity contribution in [2.75, 3.05) is 20.6 Å². The van der Waals surface area contributed by atoms with E-state index in [1.165, 1.54) is 12.0 Å². The Labute approximate surface area is 130 Å². The quantitative estimate of drug-likeness (QED) is 0.796. The second-order valence-electron chi connectivity index (χ2n) is 5.71. The van der Waals surface area contributed by atoms with E-state index in [1.54, 1.807) is 0 Å². The first kappa shape index (κ1) is 17.0. The summed E-state index contributed by atoms with van der Waals surface area (Å²) in [6.07, 6.45) is 1.18. The van der Waals surface area contributed by atoms with Crippen LogP contribution in [0.25, 0.3) is 0 Å². The summed E-state index contributed by atoms with van der Waals surface area (Å²) >= 11 is 9.62. The van der Waals surface area contributed by atoms with Crippen LogP contribution < -0.4 is 5.32 Å². The molecule has 1 unspecified atom stereocenters. The van der Waals surface area contributed by atoms with Crippen LogP contribution >= 0.6 is 27.5 Å². The average molecular weight is 348 g/mol. The van der Waals surface area contributed by atoms with Crippen LogP contribution in [0.1, 0.15) is 25.8 Å². The first-order valence-corrected chi connectivity index (χ1v) is 7.87. The van der Waals surface area contributed by atoms with Gasteiger partial charge in [0.05, 0.1) is 0 Å². The molecule has 19 heavy (non-hydrogen) atoms. The van der Waals surface area contributed by atoms with Gasteiger partial charge in [-0.2, -0.15) is 0 Å². The van der Waals surface area contributed by atoms with Gasteiger partial charge < -0.3 is 10.2 Å². The van der Waals surface area contributed by atoms with Gasteiger partial charge in [-0.15, -0.1) is 0 Å². The van der Waals surface area contributed by atoms with E-state index in [4.69, 9.17) is 11.6 Å². The zero-order valence-corrected chi connectivity index (χ0v) is 14.6. The minimum Gasteiger partial charge on any atom is -0.309 e. The van der Waals surface area contributed by atoms with Crippen LogP contribution in [0.5, 0.6) is 0 Å². The largest absolute Gasteiger partial charge is 0.309 e. The third-order valence-corrected chi connectivity index (χ3v) is 3.94. The summed E-state index contributed by atoms with van der Waals surface area (Å²) in [6, 6.07) is 6.42. The predicted octanol–water partition coefficient (Wildman–Crippen LogP) is 4.17. The number of nitrogens with zero attached hydrogens (tertiary/aromatic N) is 1. The van der Waals surface area contributed by atoms with E-state index in [-0.39, 0.29) is 0 Å². The van der Waals surface area contributed by atoms with Crippen molar-refractivity contribution in [1.82, 2.24) is 10.2 Å². The molecule has 2 nitrogen and oxygen atoms in total. The lowest BCUT2D eigenvalue weighted by molar-refractivity contribution is 0.305. The molecule has 0 bridgehead atoms. The minimum atomic E-state index is 0.501. The fraction of sp³-hybridized carbons (Fsp3) is 0.600. The molecule has 0 aromatic heterocycles. The summed E-state index contributed by atoms with van der Waals surface area (Å²) < 4.78 is 1.11. The molecular weight excluding hydrogens is 324 g/mol. The number of rotatable bonds is 7. The monoisotopic (exact) mass is 346 g/mol. The zero-order chi connectivity index (χ0) is 14.4. The molecule has 0 radical (unpaired) electrons. The molecule has 108 valence electrons. The maximum absolute atomic E-state index is 6.04. The lowest BCUT2D eigenvalue weighted by Crippen LogP contribution is -2.38. The molecule has 0 saturated heterocycles. The predicted molar refractivity (Wildman–Crippen MR) is 87.8 cm³/mol. The van der Waals surface area contributed by atoms with Gasteiger partial charge in [-0.1, -0.05) is 41.4 Å². The fourth-order valence-electron chi connectivity index (χ4n) is 2.17. The number of hydrogen-bond donors (Lipinski definition) is 1. The molecular formula is C15H24BrClN2. The molecule has 0 spiro atoms. The lowest BCUT2D eigenvalue weighted by atomic mass is 10.0. The van der Waals surface area contributed by atoms with Crippen molar-refractivity contribution in [3.8, 4) is 0 Å². The molecule has 0 aliphatic carbocycles. The zero-order valence-electron chi connectivity index (χ0n) is 12.2.